The van der Waals surface area contributed by atoms with Gasteiger partial charge in [-0.3, -0.25) is 14.7 Å². The molecule has 154 valence electrons. The van der Waals surface area contributed by atoms with Gasteiger partial charge in [-0.15, -0.1) is 0 Å². The number of aromatic nitrogens is 2. The van der Waals surface area contributed by atoms with Gasteiger partial charge < -0.3 is 10.6 Å². The van der Waals surface area contributed by atoms with Crippen molar-refractivity contribution in [2.45, 2.75) is 63.3 Å². The van der Waals surface area contributed by atoms with Crippen LogP contribution in [0.25, 0.3) is 0 Å². The Balaban J connectivity index is 1.21. The van der Waals surface area contributed by atoms with Crippen molar-refractivity contribution in [1.82, 2.24) is 15.5 Å². The lowest BCUT2D eigenvalue weighted by Crippen LogP contribution is -2.44. The summed E-state index contributed by atoms with van der Waals surface area (Å²) >= 11 is 5.88. The fourth-order valence-corrected chi connectivity index (χ4v) is 4.38. The predicted octanol–water partition coefficient (Wildman–Crippen LogP) is 4.19. The van der Waals surface area contributed by atoms with Gasteiger partial charge in [-0.2, -0.15) is 5.10 Å². The van der Waals surface area contributed by atoms with Crippen LogP contribution in [0, 0.1) is 5.92 Å². The number of nitrogens with zero attached hydrogens (tertiary/aromatic N) is 1. The van der Waals surface area contributed by atoms with E-state index in [1.807, 2.05) is 18.2 Å². The van der Waals surface area contributed by atoms with Crippen molar-refractivity contribution in [2.75, 3.05) is 5.32 Å². The second-order valence-corrected chi connectivity index (χ2v) is 8.71. The molecule has 0 aliphatic heterocycles. The molecule has 0 bridgehead atoms. The molecule has 0 radical (unpaired) electrons. The fraction of sp³-hybridized carbons (Fsp3) is 0.500. The molecule has 0 atom stereocenters. The van der Waals surface area contributed by atoms with E-state index in [4.69, 9.17) is 11.6 Å². The zero-order valence-electron chi connectivity index (χ0n) is 16.4. The Morgan fingerprint density at radius 1 is 1.10 bits per heavy atom. The second kappa shape index (κ2) is 8.99. The number of carbonyl (C=O) groups is 2. The smallest absolute Gasteiger partial charge is 0.228 e. The first-order valence-corrected chi connectivity index (χ1v) is 10.8. The average molecular weight is 415 g/mol. The molecule has 2 amide bonds. The van der Waals surface area contributed by atoms with Gasteiger partial charge in [-0.05, 0) is 43.4 Å². The minimum Gasteiger partial charge on any atom is -0.353 e. The molecule has 29 heavy (non-hydrogen) atoms. The number of benzene rings is 1. The van der Waals surface area contributed by atoms with E-state index in [0.29, 0.717) is 23.2 Å². The van der Waals surface area contributed by atoms with Crippen molar-refractivity contribution < 1.29 is 9.59 Å². The number of rotatable bonds is 6. The number of amides is 2. The number of aromatic amines is 1. The van der Waals surface area contributed by atoms with Gasteiger partial charge >= 0.3 is 0 Å². The third-order valence-corrected chi connectivity index (χ3v) is 6.30. The molecule has 2 fully saturated rings. The highest BCUT2D eigenvalue weighted by atomic mass is 35.5. The summed E-state index contributed by atoms with van der Waals surface area (Å²) in [5, 5.41) is 14.0. The Labute approximate surface area is 175 Å². The van der Waals surface area contributed by atoms with Crippen LogP contribution in [0.15, 0.2) is 30.3 Å². The summed E-state index contributed by atoms with van der Waals surface area (Å²) < 4.78 is 0. The van der Waals surface area contributed by atoms with Crippen LogP contribution in [0.5, 0.6) is 0 Å². The van der Waals surface area contributed by atoms with Crippen LogP contribution in [0.4, 0.5) is 5.82 Å². The molecule has 6 nitrogen and oxygen atoms in total. The Morgan fingerprint density at radius 3 is 2.55 bits per heavy atom. The highest BCUT2D eigenvalue weighted by Crippen LogP contribution is 2.36. The van der Waals surface area contributed by atoms with Crippen LogP contribution in [0.1, 0.15) is 62.1 Å². The number of anilines is 1. The molecule has 0 saturated heterocycles. The quantitative estimate of drug-likeness (QED) is 0.662. The molecule has 0 spiro atoms. The van der Waals surface area contributed by atoms with E-state index >= 15 is 0 Å². The van der Waals surface area contributed by atoms with Crippen LogP contribution in [0.3, 0.4) is 0 Å². The summed E-state index contributed by atoms with van der Waals surface area (Å²) in [5.41, 5.74) is 1.97. The lowest BCUT2D eigenvalue weighted by Gasteiger charge is -2.35. The lowest BCUT2D eigenvalue weighted by molar-refractivity contribution is -0.122. The highest BCUT2D eigenvalue weighted by Gasteiger charge is 2.33. The lowest BCUT2D eigenvalue weighted by atomic mass is 9.78. The number of hydrogen-bond acceptors (Lipinski definition) is 3. The van der Waals surface area contributed by atoms with Crippen LogP contribution < -0.4 is 10.6 Å². The molecule has 1 aromatic carbocycles. The Morgan fingerprint density at radius 2 is 1.83 bits per heavy atom. The molecule has 7 heteroatoms. The standard InChI is InChI=1S/C22H27ClN4O2/c23-17-8-6-14(7-9-17)10-21(28)24-18-11-16(12-18)19-13-20(27-26-19)25-22(29)15-4-2-1-3-5-15/h6-9,13,15-16,18H,1-5,10-12H2,(H,24,28)(H2,25,26,27,29). The topological polar surface area (TPSA) is 86.9 Å². The zero-order chi connectivity index (χ0) is 20.2. The SMILES string of the molecule is O=C(Cc1ccc(Cl)cc1)NC1CC(c2cc(NC(=O)C3CCCCC3)n[nH]2)C1. The summed E-state index contributed by atoms with van der Waals surface area (Å²) in [6, 6.07) is 9.46. The number of nitrogens with one attached hydrogen (secondary N) is 3. The molecule has 1 heterocycles. The first-order chi connectivity index (χ1) is 14.1. The fourth-order valence-electron chi connectivity index (χ4n) is 4.26. The summed E-state index contributed by atoms with van der Waals surface area (Å²) in [4.78, 5) is 24.6. The average Bonchev–Trinajstić information content (AvgIpc) is 3.14. The Kier molecular flexibility index (Phi) is 6.19. The monoisotopic (exact) mass is 414 g/mol. The van der Waals surface area contributed by atoms with E-state index in [9.17, 15) is 9.59 Å². The van der Waals surface area contributed by atoms with Gasteiger partial charge in [0.05, 0.1) is 6.42 Å². The van der Waals surface area contributed by atoms with E-state index in [2.05, 4.69) is 20.8 Å². The molecule has 2 aliphatic rings. The van der Waals surface area contributed by atoms with Crippen LogP contribution in [-0.2, 0) is 16.0 Å². The Hall–Kier alpha value is -2.34. The minimum absolute atomic E-state index is 0.0285. The molecular weight excluding hydrogens is 388 g/mol. The summed E-state index contributed by atoms with van der Waals surface area (Å²) in [6.07, 6.45) is 7.57. The van der Waals surface area contributed by atoms with E-state index in [1.54, 1.807) is 12.1 Å². The largest absolute Gasteiger partial charge is 0.353 e. The molecule has 1 aromatic heterocycles. The molecular formula is C22H27ClN4O2. The van der Waals surface area contributed by atoms with Crippen molar-refractivity contribution in [3.63, 3.8) is 0 Å². The van der Waals surface area contributed by atoms with Gasteiger partial charge in [0.2, 0.25) is 11.8 Å². The molecule has 3 N–H and O–H groups in total. The maximum Gasteiger partial charge on any atom is 0.228 e. The summed E-state index contributed by atoms with van der Waals surface area (Å²) in [7, 11) is 0. The van der Waals surface area contributed by atoms with E-state index in [1.165, 1.54) is 6.42 Å². The van der Waals surface area contributed by atoms with Crippen LogP contribution >= 0.6 is 11.6 Å². The van der Waals surface area contributed by atoms with Gasteiger partial charge in [0.25, 0.3) is 0 Å². The third kappa shape index (κ3) is 5.18. The Bertz CT molecular complexity index is 852. The van der Waals surface area contributed by atoms with Gasteiger partial charge in [-0.1, -0.05) is 43.0 Å². The van der Waals surface area contributed by atoms with Crippen molar-refractivity contribution in [3.8, 4) is 0 Å². The van der Waals surface area contributed by atoms with Crippen molar-refractivity contribution in [3.05, 3.63) is 46.6 Å². The normalized spacial score (nSPS) is 22.0. The van der Waals surface area contributed by atoms with Crippen LogP contribution in [-0.4, -0.2) is 28.1 Å². The number of halogens is 1. The first kappa shape index (κ1) is 20.0. The van der Waals surface area contributed by atoms with E-state index in [0.717, 1.165) is 49.8 Å². The molecule has 2 aromatic rings. The first-order valence-electron chi connectivity index (χ1n) is 10.5. The van der Waals surface area contributed by atoms with Gasteiger partial charge in [-0.25, -0.2) is 0 Å². The maximum atomic E-state index is 12.4. The number of H-pyrrole nitrogens is 1. The van der Waals surface area contributed by atoms with E-state index in [-0.39, 0.29) is 23.8 Å². The molecule has 2 aliphatic carbocycles. The summed E-state index contributed by atoms with van der Waals surface area (Å²) in [5.74, 6) is 1.17. The molecule has 4 rings (SSSR count). The predicted molar refractivity (Wildman–Crippen MR) is 113 cm³/mol. The minimum atomic E-state index is 0.0285. The van der Waals surface area contributed by atoms with Crippen molar-refractivity contribution in [1.29, 1.82) is 0 Å². The number of carbonyl (C=O) groups excluding carboxylic acids is 2. The maximum absolute atomic E-state index is 12.4. The van der Waals surface area contributed by atoms with Crippen molar-refractivity contribution >= 4 is 29.2 Å². The van der Waals surface area contributed by atoms with Gasteiger partial charge in [0.1, 0.15) is 0 Å². The molecule has 2 saturated carbocycles. The van der Waals surface area contributed by atoms with Gasteiger partial charge in [0, 0.05) is 34.7 Å². The highest BCUT2D eigenvalue weighted by molar-refractivity contribution is 6.30. The van der Waals surface area contributed by atoms with E-state index < -0.39 is 0 Å². The molecule has 0 unspecified atom stereocenters. The van der Waals surface area contributed by atoms with Crippen molar-refractivity contribution in [2.24, 2.45) is 5.92 Å². The summed E-state index contributed by atoms with van der Waals surface area (Å²) in [6.45, 7) is 0. The zero-order valence-corrected chi connectivity index (χ0v) is 17.2. The second-order valence-electron chi connectivity index (χ2n) is 8.27. The van der Waals surface area contributed by atoms with Crippen LogP contribution in [0.2, 0.25) is 5.02 Å². The van der Waals surface area contributed by atoms with Gasteiger partial charge in [0.15, 0.2) is 5.82 Å². The number of hydrogen-bond donors (Lipinski definition) is 3. The third-order valence-electron chi connectivity index (χ3n) is 6.05.